The van der Waals surface area contributed by atoms with Gasteiger partial charge in [0.1, 0.15) is 0 Å². The smallest absolute Gasteiger partial charge is 0.0595 e. The molecular weight excluding hydrogens is 410 g/mol. The molecule has 0 aliphatic carbocycles. The Kier molecular flexibility index (Phi) is 5.86. The number of rotatable bonds is 6. The first-order chi connectivity index (χ1) is 16.6. The zero-order chi connectivity index (χ0) is 23.4. The maximum atomic E-state index is 5.42. The molecule has 0 fully saturated rings. The van der Waals surface area contributed by atoms with E-state index in [-0.39, 0.29) is 10.8 Å². The number of benzene rings is 4. The maximum Gasteiger partial charge on any atom is 0.0595 e. The molecule has 0 spiro atoms. The molecule has 4 aromatic carbocycles. The van der Waals surface area contributed by atoms with Crippen LogP contribution < -0.4 is 0 Å². The molecule has 0 saturated carbocycles. The van der Waals surface area contributed by atoms with E-state index in [1.165, 1.54) is 22.3 Å². The molecule has 0 amide bonds. The van der Waals surface area contributed by atoms with Crippen molar-refractivity contribution in [3.8, 4) is 0 Å². The molecule has 0 saturated heterocycles. The second kappa shape index (κ2) is 9.11. The van der Waals surface area contributed by atoms with Gasteiger partial charge in [0, 0.05) is 0 Å². The number of nitrogens with zero attached hydrogens (tertiary/aromatic N) is 1. The van der Waals surface area contributed by atoms with E-state index in [2.05, 4.69) is 153 Å². The van der Waals surface area contributed by atoms with Gasteiger partial charge >= 0.3 is 0 Å². The Bertz CT molecular complexity index is 1160. The van der Waals surface area contributed by atoms with Crippen LogP contribution in [0, 0.1) is 0 Å². The molecule has 1 aromatic heterocycles. The van der Waals surface area contributed by atoms with E-state index in [9.17, 15) is 0 Å². The van der Waals surface area contributed by atoms with Gasteiger partial charge in [-0.15, -0.1) is 0 Å². The Morgan fingerprint density at radius 2 is 0.618 bits per heavy atom. The number of aromatic nitrogens is 1. The van der Waals surface area contributed by atoms with Gasteiger partial charge in [-0.2, -0.15) is 0 Å². The largest absolute Gasteiger partial charge is 0.255 e. The fourth-order valence-corrected chi connectivity index (χ4v) is 5.00. The summed E-state index contributed by atoms with van der Waals surface area (Å²) in [6, 6.07) is 49.3. The van der Waals surface area contributed by atoms with E-state index in [0.29, 0.717) is 0 Å². The van der Waals surface area contributed by atoms with Gasteiger partial charge in [0.05, 0.1) is 22.2 Å². The molecule has 0 aliphatic heterocycles. The van der Waals surface area contributed by atoms with Crippen LogP contribution >= 0.6 is 0 Å². The Labute approximate surface area is 202 Å². The van der Waals surface area contributed by atoms with Crippen LogP contribution in [-0.4, -0.2) is 4.98 Å². The zero-order valence-corrected chi connectivity index (χ0v) is 19.7. The number of pyridine rings is 1. The van der Waals surface area contributed by atoms with Crippen molar-refractivity contribution in [2.24, 2.45) is 0 Å². The molecule has 1 heteroatoms. The lowest BCUT2D eigenvalue weighted by Gasteiger charge is -2.34. The first-order valence-corrected chi connectivity index (χ1v) is 11.8. The minimum atomic E-state index is -0.382. The van der Waals surface area contributed by atoms with Crippen LogP contribution in [0.1, 0.15) is 47.5 Å². The lowest BCUT2D eigenvalue weighted by atomic mass is 9.71. The second-order valence-corrected chi connectivity index (χ2v) is 9.12. The van der Waals surface area contributed by atoms with E-state index in [4.69, 9.17) is 4.98 Å². The van der Waals surface area contributed by atoms with Crippen molar-refractivity contribution in [2.45, 2.75) is 24.7 Å². The molecule has 5 rings (SSSR count). The summed E-state index contributed by atoms with van der Waals surface area (Å²) < 4.78 is 0. The summed E-state index contributed by atoms with van der Waals surface area (Å²) in [6.45, 7) is 4.57. The fraction of sp³-hybridized carbons (Fsp3) is 0.121. The highest BCUT2D eigenvalue weighted by Gasteiger charge is 2.36. The first-order valence-electron chi connectivity index (χ1n) is 11.8. The van der Waals surface area contributed by atoms with Crippen LogP contribution in [-0.2, 0) is 10.8 Å². The lowest BCUT2D eigenvalue weighted by molar-refractivity contribution is 0.621. The molecular formula is C33H29N. The summed E-state index contributed by atoms with van der Waals surface area (Å²) in [5.41, 5.74) is 6.23. The Balaban J connectivity index is 1.74. The van der Waals surface area contributed by atoms with E-state index in [1.807, 2.05) is 0 Å². The highest BCUT2D eigenvalue weighted by molar-refractivity contribution is 5.51. The van der Waals surface area contributed by atoms with Crippen LogP contribution in [0.3, 0.4) is 0 Å². The van der Waals surface area contributed by atoms with Gasteiger partial charge in [0.2, 0.25) is 0 Å². The molecule has 166 valence electrons. The monoisotopic (exact) mass is 439 g/mol. The van der Waals surface area contributed by atoms with Crippen LogP contribution in [0.2, 0.25) is 0 Å². The average Bonchev–Trinajstić information content (AvgIpc) is 2.94. The molecule has 0 aliphatic rings. The van der Waals surface area contributed by atoms with Gasteiger partial charge in [-0.3, -0.25) is 4.98 Å². The molecule has 0 radical (unpaired) electrons. The topological polar surface area (TPSA) is 12.9 Å². The second-order valence-electron chi connectivity index (χ2n) is 9.12. The number of hydrogen-bond donors (Lipinski definition) is 0. The molecule has 1 heterocycles. The molecule has 0 N–H and O–H groups in total. The lowest BCUT2D eigenvalue weighted by Crippen LogP contribution is -2.31. The quantitative estimate of drug-likeness (QED) is 0.263. The summed E-state index contributed by atoms with van der Waals surface area (Å²) >= 11 is 0. The van der Waals surface area contributed by atoms with Crippen molar-refractivity contribution in [1.29, 1.82) is 0 Å². The average molecular weight is 440 g/mol. The Morgan fingerprint density at radius 3 is 0.882 bits per heavy atom. The Hall–Kier alpha value is -3.97. The normalized spacial score (nSPS) is 11.8. The highest BCUT2D eigenvalue weighted by atomic mass is 14.8. The fourth-order valence-electron chi connectivity index (χ4n) is 5.00. The van der Waals surface area contributed by atoms with Crippen molar-refractivity contribution < 1.29 is 0 Å². The van der Waals surface area contributed by atoms with Gasteiger partial charge in [-0.05, 0) is 48.2 Å². The SMILES string of the molecule is CC(c1ccccc1)(c1ccccc1)c1cccc(C(C)(c2ccccc2)c2ccccc2)n1. The maximum absolute atomic E-state index is 5.42. The molecule has 34 heavy (non-hydrogen) atoms. The Morgan fingerprint density at radius 1 is 0.353 bits per heavy atom. The summed E-state index contributed by atoms with van der Waals surface area (Å²) in [4.78, 5) is 5.42. The van der Waals surface area contributed by atoms with Crippen LogP contribution in [0.25, 0.3) is 0 Å². The third-order valence-electron chi connectivity index (χ3n) is 7.18. The van der Waals surface area contributed by atoms with Crippen LogP contribution in [0.5, 0.6) is 0 Å². The van der Waals surface area contributed by atoms with Gasteiger partial charge in [0.15, 0.2) is 0 Å². The van der Waals surface area contributed by atoms with Crippen molar-refractivity contribution in [1.82, 2.24) is 4.98 Å². The third kappa shape index (κ3) is 3.74. The van der Waals surface area contributed by atoms with Gasteiger partial charge < -0.3 is 0 Å². The molecule has 0 unspecified atom stereocenters. The summed E-state index contributed by atoms with van der Waals surface area (Å²) in [5, 5.41) is 0. The van der Waals surface area contributed by atoms with Gasteiger partial charge in [-0.1, -0.05) is 127 Å². The van der Waals surface area contributed by atoms with E-state index in [1.54, 1.807) is 0 Å². The van der Waals surface area contributed by atoms with Gasteiger partial charge in [0.25, 0.3) is 0 Å². The highest BCUT2D eigenvalue weighted by Crippen LogP contribution is 2.41. The van der Waals surface area contributed by atoms with Crippen LogP contribution in [0.15, 0.2) is 140 Å². The standard InChI is InChI=1S/C33H29N/c1-32(26-16-7-3-8-17-26,27-18-9-4-10-19-27)30-24-15-25-31(34-30)33(2,28-20-11-5-12-21-28)29-22-13-6-14-23-29/h3-25H,1-2H3. The molecule has 0 bridgehead atoms. The van der Waals surface area contributed by atoms with E-state index < -0.39 is 0 Å². The minimum absolute atomic E-state index is 0.382. The van der Waals surface area contributed by atoms with E-state index >= 15 is 0 Å². The molecule has 0 atom stereocenters. The zero-order valence-electron chi connectivity index (χ0n) is 19.7. The summed E-state index contributed by atoms with van der Waals surface area (Å²) in [6.07, 6.45) is 0. The molecule has 5 aromatic rings. The predicted molar refractivity (Wildman–Crippen MR) is 141 cm³/mol. The summed E-state index contributed by atoms with van der Waals surface area (Å²) in [5.74, 6) is 0. The van der Waals surface area contributed by atoms with Crippen molar-refractivity contribution in [2.75, 3.05) is 0 Å². The first kappa shape index (κ1) is 21.9. The number of hydrogen-bond acceptors (Lipinski definition) is 1. The molecule has 1 nitrogen and oxygen atoms in total. The van der Waals surface area contributed by atoms with Crippen molar-refractivity contribution >= 4 is 0 Å². The minimum Gasteiger partial charge on any atom is -0.255 e. The third-order valence-corrected chi connectivity index (χ3v) is 7.18. The van der Waals surface area contributed by atoms with Crippen LogP contribution in [0.4, 0.5) is 0 Å². The van der Waals surface area contributed by atoms with Gasteiger partial charge in [-0.25, -0.2) is 0 Å². The van der Waals surface area contributed by atoms with Crippen molar-refractivity contribution in [3.63, 3.8) is 0 Å². The van der Waals surface area contributed by atoms with E-state index in [0.717, 1.165) is 11.4 Å². The van der Waals surface area contributed by atoms with Crippen molar-refractivity contribution in [3.05, 3.63) is 173 Å². The predicted octanol–water partition coefficient (Wildman–Crippen LogP) is 7.79. The summed E-state index contributed by atoms with van der Waals surface area (Å²) in [7, 11) is 0.